The van der Waals surface area contributed by atoms with Crippen molar-refractivity contribution in [1.29, 1.82) is 0 Å². The standard InChI is InChI=1S/C25H34N2OS/c1-19-10-12-22(13-11-19)25(28)27(17-20-7-6-14-26(2)16-20)23-15-24(29-18-23)21-8-4-3-5-9-21/h3-5,8-9,15,18-20,22H,6-7,10-14,16-17H2,1-2H3. The van der Waals surface area contributed by atoms with Gasteiger partial charge in [0.25, 0.3) is 0 Å². The molecule has 0 radical (unpaired) electrons. The molecule has 0 spiro atoms. The number of nitrogens with zero attached hydrogens (tertiary/aromatic N) is 2. The molecule has 3 nitrogen and oxygen atoms in total. The number of anilines is 1. The number of likely N-dealkylation sites (tertiary alicyclic amines) is 1. The molecule has 0 N–H and O–H groups in total. The molecule has 1 saturated heterocycles. The van der Waals surface area contributed by atoms with Crippen LogP contribution in [0.25, 0.3) is 10.4 Å². The molecule has 156 valence electrons. The van der Waals surface area contributed by atoms with Crippen LogP contribution in [0, 0.1) is 17.8 Å². The summed E-state index contributed by atoms with van der Waals surface area (Å²) < 4.78 is 0. The molecule has 1 aromatic carbocycles. The average molecular weight is 411 g/mol. The highest BCUT2D eigenvalue weighted by Crippen LogP contribution is 2.36. The van der Waals surface area contributed by atoms with E-state index in [9.17, 15) is 4.79 Å². The molecule has 1 aromatic heterocycles. The molecule has 1 atom stereocenters. The van der Waals surface area contributed by atoms with Gasteiger partial charge in [0.1, 0.15) is 0 Å². The van der Waals surface area contributed by atoms with E-state index in [0.29, 0.717) is 11.8 Å². The lowest BCUT2D eigenvalue weighted by Gasteiger charge is -2.36. The molecular weight excluding hydrogens is 376 g/mol. The molecule has 2 fully saturated rings. The van der Waals surface area contributed by atoms with Crippen LogP contribution in [0.5, 0.6) is 0 Å². The first-order valence-corrected chi connectivity index (χ1v) is 12.1. The molecule has 4 heteroatoms. The summed E-state index contributed by atoms with van der Waals surface area (Å²) in [7, 11) is 2.21. The van der Waals surface area contributed by atoms with Crippen molar-refractivity contribution in [2.75, 3.05) is 31.6 Å². The molecule has 4 rings (SSSR count). The van der Waals surface area contributed by atoms with Crippen LogP contribution in [0.1, 0.15) is 45.4 Å². The topological polar surface area (TPSA) is 23.6 Å². The lowest BCUT2D eigenvalue weighted by molar-refractivity contribution is -0.123. The molecule has 2 aromatic rings. The van der Waals surface area contributed by atoms with Gasteiger partial charge in [0.05, 0.1) is 5.69 Å². The highest BCUT2D eigenvalue weighted by molar-refractivity contribution is 7.14. The number of piperidine rings is 1. The quantitative estimate of drug-likeness (QED) is 0.611. The Hall–Kier alpha value is -1.65. The SMILES string of the molecule is CC1CCC(C(=O)N(CC2CCCN(C)C2)c2csc(-c3ccccc3)c2)CC1. The number of hydrogen-bond acceptors (Lipinski definition) is 3. The number of thiophene rings is 1. The summed E-state index contributed by atoms with van der Waals surface area (Å²) in [6.07, 6.45) is 6.95. The van der Waals surface area contributed by atoms with Crippen molar-refractivity contribution in [1.82, 2.24) is 4.90 Å². The first-order valence-electron chi connectivity index (χ1n) is 11.2. The van der Waals surface area contributed by atoms with Gasteiger partial charge in [-0.15, -0.1) is 11.3 Å². The van der Waals surface area contributed by atoms with E-state index in [1.165, 1.54) is 42.7 Å². The summed E-state index contributed by atoms with van der Waals surface area (Å²) in [5.41, 5.74) is 2.34. The number of carbonyl (C=O) groups excluding carboxylic acids is 1. The van der Waals surface area contributed by atoms with Crippen molar-refractivity contribution >= 4 is 22.9 Å². The molecule has 1 unspecified atom stereocenters. The molecule has 0 bridgehead atoms. The van der Waals surface area contributed by atoms with Crippen LogP contribution in [0.3, 0.4) is 0 Å². The van der Waals surface area contributed by atoms with E-state index in [2.05, 4.69) is 65.5 Å². The lowest BCUT2D eigenvalue weighted by Crippen LogP contribution is -2.44. The van der Waals surface area contributed by atoms with E-state index >= 15 is 0 Å². The largest absolute Gasteiger partial charge is 0.311 e. The summed E-state index contributed by atoms with van der Waals surface area (Å²) in [5.74, 6) is 1.90. The fraction of sp³-hybridized carbons (Fsp3) is 0.560. The third-order valence-corrected chi connectivity index (χ3v) is 7.72. The Balaban J connectivity index is 1.56. The third-order valence-electron chi connectivity index (χ3n) is 6.75. The first-order chi connectivity index (χ1) is 14.1. The van der Waals surface area contributed by atoms with Gasteiger partial charge in [-0.25, -0.2) is 0 Å². The minimum atomic E-state index is 0.201. The third kappa shape index (κ3) is 5.10. The Morgan fingerprint density at radius 3 is 2.62 bits per heavy atom. The van der Waals surface area contributed by atoms with Gasteiger partial charge in [0.2, 0.25) is 5.91 Å². The van der Waals surface area contributed by atoms with Gasteiger partial charge in [-0.05, 0) is 75.6 Å². The van der Waals surface area contributed by atoms with Crippen molar-refractivity contribution in [2.24, 2.45) is 17.8 Å². The number of hydrogen-bond donors (Lipinski definition) is 0. The van der Waals surface area contributed by atoms with Crippen molar-refractivity contribution < 1.29 is 4.79 Å². The van der Waals surface area contributed by atoms with Crippen LogP contribution in [0.4, 0.5) is 5.69 Å². The predicted molar refractivity (Wildman–Crippen MR) is 123 cm³/mol. The Morgan fingerprint density at radius 1 is 1.14 bits per heavy atom. The minimum absolute atomic E-state index is 0.201. The second-order valence-corrected chi connectivity index (χ2v) is 10.1. The highest BCUT2D eigenvalue weighted by Gasteiger charge is 2.31. The molecule has 1 aliphatic heterocycles. The monoisotopic (exact) mass is 410 g/mol. The van der Waals surface area contributed by atoms with Crippen molar-refractivity contribution in [3.8, 4) is 10.4 Å². The first kappa shape index (κ1) is 20.6. The molecule has 1 amide bonds. The molecule has 1 saturated carbocycles. The van der Waals surface area contributed by atoms with Gasteiger partial charge in [-0.3, -0.25) is 4.79 Å². The van der Waals surface area contributed by atoms with Gasteiger partial charge in [0, 0.05) is 29.3 Å². The van der Waals surface area contributed by atoms with E-state index in [1.807, 2.05) is 0 Å². The Kier molecular flexibility index (Phi) is 6.71. The van der Waals surface area contributed by atoms with Gasteiger partial charge in [0.15, 0.2) is 0 Å². The van der Waals surface area contributed by atoms with Crippen LogP contribution in [0.2, 0.25) is 0 Å². The van der Waals surface area contributed by atoms with Crippen LogP contribution < -0.4 is 4.90 Å². The maximum absolute atomic E-state index is 13.6. The number of amides is 1. The molecular formula is C25H34N2OS. The summed E-state index contributed by atoms with van der Waals surface area (Å²) >= 11 is 1.75. The predicted octanol–water partition coefficient (Wildman–Crippen LogP) is 5.92. The Morgan fingerprint density at radius 2 is 1.90 bits per heavy atom. The van der Waals surface area contributed by atoms with E-state index in [0.717, 1.165) is 37.5 Å². The zero-order chi connectivity index (χ0) is 20.2. The normalized spacial score (nSPS) is 25.7. The van der Waals surface area contributed by atoms with E-state index < -0.39 is 0 Å². The lowest BCUT2D eigenvalue weighted by atomic mass is 9.82. The average Bonchev–Trinajstić information content (AvgIpc) is 3.23. The van der Waals surface area contributed by atoms with Gasteiger partial charge >= 0.3 is 0 Å². The minimum Gasteiger partial charge on any atom is -0.311 e. The number of carbonyl (C=O) groups is 1. The van der Waals surface area contributed by atoms with Crippen LogP contribution >= 0.6 is 11.3 Å². The van der Waals surface area contributed by atoms with Crippen molar-refractivity contribution in [3.05, 3.63) is 41.8 Å². The Labute approximate surface area is 179 Å². The summed E-state index contributed by atoms with van der Waals surface area (Å²) in [6, 6.07) is 12.8. The fourth-order valence-corrected chi connectivity index (χ4v) is 5.86. The van der Waals surface area contributed by atoms with Crippen LogP contribution in [-0.4, -0.2) is 37.5 Å². The van der Waals surface area contributed by atoms with Gasteiger partial charge in [-0.2, -0.15) is 0 Å². The fourth-order valence-electron chi connectivity index (χ4n) is 4.95. The van der Waals surface area contributed by atoms with Crippen LogP contribution in [-0.2, 0) is 4.79 Å². The molecule has 29 heavy (non-hydrogen) atoms. The maximum atomic E-state index is 13.6. The Bertz CT molecular complexity index is 794. The molecule has 1 aliphatic carbocycles. The maximum Gasteiger partial charge on any atom is 0.230 e. The zero-order valence-electron chi connectivity index (χ0n) is 17.8. The van der Waals surface area contributed by atoms with E-state index in [1.54, 1.807) is 11.3 Å². The summed E-state index contributed by atoms with van der Waals surface area (Å²) in [5, 5.41) is 2.19. The second kappa shape index (κ2) is 9.44. The second-order valence-electron chi connectivity index (χ2n) is 9.21. The smallest absolute Gasteiger partial charge is 0.230 e. The van der Waals surface area contributed by atoms with Gasteiger partial charge in [-0.1, -0.05) is 37.3 Å². The summed E-state index contributed by atoms with van der Waals surface area (Å²) in [4.78, 5) is 19.4. The molecule has 2 heterocycles. The zero-order valence-corrected chi connectivity index (χ0v) is 18.7. The number of rotatable bonds is 5. The summed E-state index contributed by atoms with van der Waals surface area (Å²) in [6.45, 7) is 5.46. The highest BCUT2D eigenvalue weighted by atomic mass is 32.1. The molecule has 2 aliphatic rings. The van der Waals surface area contributed by atoms with Crippen molar-refractivity contribution in [3.63, 3.8) is 0 Å². The van der Waals surface area contributed by atoms with Crippen molar-refractivity contribution in [2.45, 2.75) is 45.4 Å². The van der Waals surface area contributed by atoms with Crippen LogP contribution in [0.15, 0.2) is 41.8 Å². The number of benzene rings is 1. The van der Waals surface area contributed by atoms with E-state index in [-0.39, 0.29) is 5.92 Å². The van der Waals surface area contributed by atoms with Gasteiger partial charge < -0.3 is 9.80 Å². The van der Waals surface area contributed by atoms with E-state index in [4.69, 9.17) is 0 Å².